The van der Waals surface area contributed by atoms with Crippen molar-refractivity contribution in [2.45, 2.75) is 37.8 Å². The van der Waals surface area contributed by atoms with Gasteiger partial charge in [-0.2, -0.15) is 5.26 Å². The van der Waals surface area contributed by atoms with Crippen molar-refractivity contribution < 1.29 is 0 Å². The average Bonchev–Trinajstić information content (AvgIpc) is 2.26. The molecule has 1 aromatic heterocycles. The summed E-state index contributed by atoms with van der Waals surface area (Å²) in [5.74, 6) is 0.429. The molecule has 78 valence electrons. The number of aromatic nitrogens is 2. The van der Waals surface area contributed by atoms with Crippen molar-refractivity contribution in [3.8, 4) is 6.07 Å². The van der Waals surface area contributed by atoms with Crippen molar-refractivity contribution in [3.05, 3.63) is 17.0 Å². The zero-order valence-corrected chi connectivity index (χ0v) is 9.60. The smallest absolute Gasteiger partial charge is 0.189 e. The molecular formula is C11H13N3S. The zero-order chi connectivity index (χ0) is 10.7. The summed E-state index contributed by atoms with van der Waals surface area (Å²) in [6.07, 6.45) is 4.66. The van der Waals surface area contributed by atoms with Gasteiger partial charge in [-0.25, -0.2) is 9.97 Å². The predicted molar refractivity (Wildman–Crippen MR) is 59.7 cm³/mol. The summed E-state index contributed by atoms with van der Waals surface area (Å²) in [5, 5.41) is 9.27. The van der Waals surface area contributed by atoms with Crippen LogP contribution >= 0.6 is 11.8 Å². The normalized spacial score (nSPS) is 14.4. The second-order valence-electron chi connectivity index (χ2n) is 3.67. The van der Waals surface area contributed by atoms with Crippen LogP contribution in [-0.4, -0.2) is 15.7 Å². The monoisotopic (exact) mass is 219 g/mol. The van der Waals surface area contributed by atoms with E-state index in [1.807, 2.05) is 6.92 Å². The fraction of sp³-hybridized carbons (Fsp3) is 0.545. The third kappa shape index (κ3) is 2.29. The van der Waals surface area contributed by atoms with Crippen molar-refractivity contribution in [2.24, 2.45) is 0 Å². The van der Waals surface area contributed by atoms with Crippen LogP contribution in [0, 0.1) is 18.3 Å². The molecule has 0 radical (unpaired) electrons. The molecule has 0 amide bonds. The molecule has 1 aromatic rings. The maximum absolute atomic E-state index is 8.51. The quantitative estimate of drug-likeness (QED) is 0.565. The molecule has 1 heterocycles. The first kappa shape index (κ1) is 10.4. The van der Waals surface area contributed by atoms with Gasteiger partial charge in [0.2, 0.25) is 0 Å². The first-order valence-electron chi connectivity index (χ1n) is 5.17. The average molecular weight is 219 g/mol. The van der Waals surface area contributed by atoms with Crippen LogP contribution in [0.5, 0.6) is 0 Å². The van der Waals surface area contributed by atoms with Crippen molar-refractivity contribution in [3.63, 3.8) is 0 Å². The molecule has 1 aliphatic carbocycles. The zero-order valence-electron chi connectivity index (χ0n) is 8.79. The Labute approximate surface area is 93.9 Å². The maximum atomic E-state index is 8.51. The molecule has 0 bridgehead atoms. The number of rotatable bonds is 2. The van der Waals surface area contributed by atoms with Gasteiger partial charge in [-0.15, -0.1) is 0 Å². The van der Waals surface area contributed by atoms with Crippen LogP contribution in [0.2, 0.25) is 0 Å². The van der Waals surface area contributed by atoms with Crippen LogP contribution in [0.25, 0.3) is 0 Å². The lowest BCUT2D eigenvalue weighted by atomic mass is 9.95. The number of fused-ring (bicyclic) bond motifs is 1. The summed E-state index contributed by atoms with van der Waals surface area (Å²) < 4.78 is 0. The highest BCUT2D eigenvalue weighted by Crippen LogP contribution is 2.24. The number of aryl methyl sites for hydroxylation is 2. The number of nitrogens with zero attached hydrogens (tertiary/aromatic N) is 3. The number of nitriles is 1. The predicted octanol–water partition coefficient (Wildman–Crippen LogP) is 2.28. The third-order valence-electron chi connectivity index (χ3n) is 2.64. The Morgan fingerprint density at radius 3 is 2.93 bits per heavy atom. The van der Waals surface area contributed by atoms with Crippen LogP contribution in [0.3, 0.4) is 0 Å². The number of hydrogen-bond donors (Lipinski definition) is 0. The Kier molecular flexibility index (Phi) is 3.22. The lowest BCUT2D eigenvalue weighted by molar-refractivity contribution is 0.642. The van der Waals surface area contributed by atoms with E-state index in [2.05, 4.69) is 16.0 Å². The lowest BCUT2D eigenvalue weighted by Crippen LogP contribution is -2.10. The van der Waals surface area contributed by atoms with Gasteiger partial charge in [-0.05, 0) is 38.2 Å². The topological polar surface area (TPSA) is 49.6 Å². The minimum absolute atomic E-state index is 0.429. The van der Waals surface area contributed by atoms with E-state index >= 15 is 0 Å². The summed E-state index contributed by atoms with van der Waals surface area (Å²) >= 11 is 1.42. The largest absolute Gasteiger partial charge is 0.228 e. The highest BCUT2D eigenvalue weighted by atomic mass is 32.2. The highest BCUT2D eigenvalue weighted by molar-refractivity contribution is 7.99. The Morgan fingerprint density at radius 2 is 2.13 bits per heavy atom. The molecule has 0 spiro atoms. The Morgan fingerprint density at radius 1 is 1.33 bits per heavy atom. The Balaban J connectivity index is 2.29. The molecule has 15 heavy (non-hydrogen) atoms. The van der Waals surface area contributed by atoms with E-state index in [1.54, 1.807) is 0 Å². The van der Waals surface area contributed by atoms with Crippen molar-refractivity contribution in [1.29, 1.82) is 5.26 Å². The second kappa shape index (κ2) is 4.63. The summed E-state index contributed by atoms with van der Waals surface area (Å²) in [6, 6.07) is 2.10. The molecule has 0 saturated carbocycles. The number of thioether (sulfide) groups is 1. The first-order valence-corrected chi connectivity index (χ1v) is 6.16. The molecule has 3 nitrogen and oxygen atoms in total. The van der Waals surface area contributed by atoms with Gasteiger partial charge >= 0.3 is 0 Å². The molecule has 1 aliphatic rings. The molecule has 2 rings (SSSR count). The van der Waals surface area contributed by atoms with E-state index in [-0.39, 0.29) is 0 Å². The van der Waals surface area contributed by atoms with Gasteiger partial charge in [0.1, 0.15) is 0 Å². The molecule has 0 aromatic carbocycles. The van der Waals surface area contributed by atoms with E-state index in [1.165, 1.54) is 35.9 Å². The molecular weight excluding hydrogens is 206 g/mol. The van der Waals surface area contributed by atoms with E-state index in [0.29, 0.717) is 5.75 Å². The molecule has 0 saturated heterocycles. The molecule has 4 heteroatoms. The van der Waals surface area contributed by atoms with E-state index in [0.717, 1.165) is 23.7 Å². The molecule has 0 atom stereocenters. The highest BCUT2D eigenvalue weighted by Gasteiger charge is 2.15. The van der Waals surface area contributed by atoms with E-state index in [9.17, 15) is 0 Å². The second-order valence-corrected chi connectivity index (χ2v) is 4.61. The minimum Gasteiger partial charge on any atom is -0.228 e. The number of hydrogen-bond acceptors (Lipinski definition) is 4. The Bertz CT molecular complexity index is 409. The molecule has 0 N–H and O–H groups in total. The van der Waals surface area contributed by atoms with Crippen LogP contribution in [0.1, 0.15) is 29.8 Å². The Hall–Kier alpha value is -1.08. The van der Waals surface area contributed by atoms with Gasteiger partial charge in [-0.1, -0.05) is 11.8 Å². The molecule has 0 unspecified atom stereocenters. The fourth-order valence-electron chi connectivity index (χ4n) is 1.92. The maximum Gasteiger partial charge on any atom is 0.189 e. The van der Waals surface area contributed by atoms with E-state index in [4.69, 9.17) is 5.26 Å². The van der Waals surface area contributed by atoms with Crippen LogP contribution in [-0.2, 0) is 12.8 Å². The molecule has 0 aliphatic heterocycles. The van der Waals surface area contributed by atoms with Crippen LogP contribution < -0.4 is 0 Å². The first-order chi connectivity index (χ1) is 7.31. The summed E-state index contributed by atoms with van der Waals surface area (Å²) in [6.45, 7) is 2.04. The SMILES string of the molecule is Cc1nc(SCC#N)nc2c1CCCC2. The summed E-state index contributed by atoms with van der Waals surface area (Å²) in [5.41, 5.74) is 3.64. The summed E-state index contributed by atoms with van der Waals surface area (Å²) in [7, 11) is 0. The molecule has 0 fully saturated rings. The van der Waals surface area contributed by atoms with Crippen molar-refractivity contribution in [1.82, 2.24) is 9.97 Å². The van der Waals surface area contributed by atoms with Gasteiger partial charge in [0.05, 0.1) is 11.8 Å². The van der Waals surface area contributed by atoms with Gasteiger partial charge in [-0.3, -0.25) is 0 Å². The lowest BCUT2D eigenvalue weighted by Gasteiger charge is -2.16. The summed E-state index contributed by atoms with van der Waals surface area (Å²) in [4.78, 5) is 8.94. The van der Waals surface area contributed by atoms with Crippen molar-refractivity contribution in [2.75, 3.05) is 5.75 Å². The minimum atomic E-state index is 0.429. The third-order valence-corrected chi connectivity index (χ3v) is 3.35. The van der Waals surface area contributed by atoms with Gasteiger partial charge in [0.25, 0.3) is 0 Å². The van der Waals surface area contributed by atoms with E-state index < -0.39 is 0 Å². The van der Waals surface area contributed by atoms with Crippen molar-refractivity contribution >= 4 is 11.8 Å². The standard InChI is InChI=1S/C11H13N3S/c1-8-9-4-2-3-5-10(9)14-11(13-8)15-7-6-12/h2-5,7H2,1H3. The van der Waals surface area contributed by atoms with Crippen LogP contribution in [0.15, 0.2) is 5.16 Å². The van der Waals surface area contributed by atoms with Gasteiger partial charge in [0, 0.05) is 11.4 Å². The van der Waals surface area contributed by atoms with Crippen LogP contribution in [0.4, 0.5) is 0 Å². The fourth-order valence-corrected chi connectivity index (χ4v) is 2.49. The van der Waals surface area contributed by atoms with Gasteiger partial charge < -0.3 is 0 Å². The van der Waals surface area contributed by atoms with Gasteiger partial charge in [0.15, 0.2) is 5.16 Å².